The van der Waals surface area contributed by atoms with E-state index in [1.165, 1.54) is 0 Å². The highest BCUT2D eigenvalue weighted by Gasteiger charge is 2.53. The lowest BCUT2D eigenvalue weighted by Gasteiger charge is -2.43. The van der Waals surface area contributed by atoms with Gasteiger partial charge in [0.1, 0.15) is 5.54 Å². The number of hydrogen-bond donors (Lipinski definition) is 1. The average molecular weight is 496 g/mol. The first-order chi connectivity index (χ1) is 18.1. The second-order valence-corrected chi connectivity index (χ2v) is 10.2. The summed E-state index contributed by atoms with van der Waals surface area (Å²) < 4.78 is 1.83. The van der Waals surface area contributed by atoms with E-state index in [1.54, 1.807) is 0 Å². The summed E-state index contributed by atoms with van der Waals surface area (Å²) in [4.78, 5) is 36.1. The zero-order chi connectivity index (χ0) is 25.2. The highest BCUT2D eigenvalue weighted by Crippen LogP contribution is 2.40. The lowest BCUT2D eigenvalue weighted by Crippen LogP contribution is -2.56. The molecule has 3 heterocycles. The summed E-state index contributed by atoms with van der Waals surface area (Å²) in [6.07, 6.45) is 2.50. The third kappa shape index (κ3) is 4.44. The Morgan fingerprint density at radius 2 is 1.46 bits per heavy atom. The number of H-pyrrole nitrogens is 1. The second-order valence-electron chi connectivity index (χ2n) is 10.2. The molecule has 1 spiro atoms. The zero-order valence-corrected chi connectivity index (χ0v) is 21.1. The molecule has 0 bridgehead atoms. The molecule has 4 aromatic rings. The number of hydrogen-bond acceptors (Lipinski definition) is 4. The third-order valence-corrected chi connectivity index (χ3v) is 8.02. The van der Waals surface area contributed by atoms with Gasteiger partial charge < -0.3 is 19.7 Å². The Kier molecular flexibility index (Phi) is 6.30. The maximum atomic E-state index is 13.9. The molecule has 0 radical (unpaired) electrons. The predicted molar refractivity (Wildman–Crippen MR) is 146 cm³/mol. The first kappa shape index (κ1) is 23.6. The summed E-state index contributed by atoms with van der Waals surface area (Å²) in [5.74, 6) is 0.241. The van der Waals surface area contributed by atoms with Crippen molar-refractivity contribution in [1.29, 1.82) is 0 Å². The lowest BCUT2D eigenvalue weighted by molar-refractivity contribution is -0.134. The molecule has 37 heavy (non-hydrogen) atoms. The molecule has 7 heteroatoms. The Hall–Kier alpha value is -3.84. The molecule has 2 saturated heterocycles. The summed E-state index contributed by atoms with van der Waals surface area (Å²) in [6, 6.07) is 28.5. The fraction of sp³-hybridized carbons (Fsp3) is 0.333. The van der Waals surface area contributed by atoms with Crippen LogP contribution in [0, 0.1) is 0 Å². The normalized spacial score (nSPS) is 17.8. The summed E-state index contributed by atoms with van der Waals surface area (Å²) in [6.45, 7) is 4.59. The molecule has 1 aromatic heterocycles. The van der Waals surface area contributed by atoms with Crippen molar-refractivity contribution in [3.8, 4) is 0 Å². The minimum absolute atomic E-state index is 0.0487. The molecule has 0 aliphatic carbocycles. The van der Waals surface area contributed by atoms with E-state index in [0.29, 0.717) is 19.8 Å². The van der Waals surface area contributed by atoms with Crippen LogP contribution >= 0.6 is 0 Å². The van der Waals surface area contributed by atoms with Crippen LogP contribution in [0.4, 0.5) is 5.69 Å². The quantitative estimate of drug-likeness (QED) is 0.420. The fourth-order valence-corrected chi connectivity index (χ4v) is 6.05. The number of benzene rings is 3. The number of nitrogens with one attached hydrogen (secondary N) is 1. The standard InChI is InChI=1S/C30H33N5O2/c36-28-30(35(25-12-5-2-6-13-25)23-33(28)22-24-10-3-1-4-11-24)16-20-32(21-17-30)18-9-19-34-27-15-8-7-14-26(27)31-29(34)37/h1-8,10-15H,9,16-23H2,(H,31,37). The minimum Gasteiger partial charge on any atom is -0.339 e. The highest BCUT2D eigenvalue weighted by atomic mass is 16.2. The summed E-state index contributed by atoms with van der Waals surface area (Å²) in [5, 5.41) is 0. The van der Waals surface area contributed by atoms with Crippen LogP contribution in [0.25, 0.3) is 11.0 Å². The Morgan fingerprint density at radius 3 is 2.22 bits per heavy atom. The van der Waals surface area contributed by atoms with E-state index in [0.717, 1.165) is 61.2 Å². The van der Waals surface area contributed by atoms with Crippen LogP contribution in [0.3, 0.4) is 0 Å². The van der Waals surface area contributed by atoms with Crippen molar-refractivity contribution in [3.63, 3.8) is 0 Å². The van der Waals surface area contributed by atoms with Gasteiger partial charge in [0.2, 0.25) is 5.91 Å². The zero-order valence-electron chi connectivity index (χ0n) is 21.1. The van der Waals surface area contributed by atoms with Crippen LogP contribution in [-0.4, -0.2) is 57.1 Å². The minimum atomic E-state index is -0.500. The van der Waals surface area contributed by atoms with Gasteiger partial charge in [-0.2, -0.15) is 0 Å². The van der Waals surface area contributed by atoms with Crippen molar-refractivity contribution in [2.45, 2.75) is 37.9 Å². The average Bonchev–Trinajstić information content (AvgIpc) is 3.40. The number of nitrogens with zero attached hydrogens (tertiary/aromatic N) is 4. The van der Waals surface area contributed by atoms with E-state index in [1.807, 2.05) is 58.0 Å². The topological polar surface area (TPSA) is 64.6 Å². The number of para-hydroxylation sites is 3. The number of anilines is 1. The number of rotatable bonds is 7. The molecule has 0 atom stereocenters. The molecule has 7 nitrogen and oxygen atoms in total. The van der Waals surface area contributed by atoms with Gasteiger partial charge in [-0.05, 0) is 55.6 Å². The van der Waals surface area contributed by atoms with E-state index in [2.05, 4.69) is 51.2 Å². The second kappa shape index (κ2) is 9.90. The molecular formula is C30H33N5O2. The number of likely N-dealkylation sites (tertiary alicyclic amines) is 1. The summed E-state index contributed by atoms with van der Waals surface area (Å²) in [5.41, 5.74) is 3.56. The van der Waals surface area contributed by atoms with Gasteiger partial charge in [0.25, 0.3) is 0 Å². The van der Waals surface area contributed by atoms with Gasteiger partial charge in [0.15, 0.2) is 0 Å². The summed E-state index contributed by atoms with van der Waals surface area (Å²) in [7, 11) is 0. The third-order valence-electron chi connectivity index (χ3n) is 8.02. The molecule has 6 rings (SSSR count). The van der Waals surface area contributed by atoms with E-state index < -0.39 is 5.54 Å². The number of imidazole rings is 1. The largest absolute Gasteiger partial charge is 0.339 e. The van der Waals surface area contributed by atoms with Gasteiger partial charge in [-0.25, -0.2) is 4.79 Å². The van der Waals surface area contributed by atoms with Crippen LogP contribution in [0.5, 0.6) is 0 Å². The molecule has 0 saturated carbocycles. The van der Waals surface area contributed by atoms with Gasteiger partial charge in [0, 0.05) is 31.9 Å². The van der Waals surface area contributed by atoms with Crippen molar-refractivity contribution >= 4 is 22.6 Å². The van der Waals surface area contributed by atoms with Crippen LogP contribution in [0.15, 0.2) is 89.7 Å². The number of aromatic amines is 1. The predicted octanol–water partition coefficient (Wildman–Crippen LogP) is 4.06. The summed E-state index contributed by atoms with van der Waals surface area (Å²) >= 11 is 0. The van der Waals surface area contributed by atoms with Gasteiger partial charge in [-0.1, -0.05) is 60.7 Å². The Morgan fingerprint density at radius 1 is 0.784 bits per heavy atom. The van der Waals surface area contributed by atoms with E-state index in [-0.39, 0.29) is 11.6 Å². The Balaban J connectivity index is 1.14. The fourth-order valence-electron chi connectivity index (χ4n) is 6.05. The number of aryl methyl sites for hydroxylation is 1. The Labute approximate surface area is 216 Å². The number of aromatic nitrogens is 2. The van der Waals surface area contributed by atoms with Gasteiger partial charge >= 0.3 is 5.69 Å². The number of piperidine rings is 1. The van der Waals surface area contributed by atoms with E-state index in [4.69, 9.17) is 0 Å². The molecule has 1 amide bonds. The van der Waals surface area contributed by atoms with Crippen molar-refractivity contribution in [1.82, 2.24) is 19.4 Å². The molecule has 0 unspecified atom stereocenters. The van der Waals surface area contributed by atoms with Crippen molar-refractivity contribution in [3.05, 3.63) is 101 Å². The molecule has 1 N–H and O–H groups in total. The van der Waals surface area contributed by atoms with Gasteiger partial charge in [-0.15, -0.1) is 0 Å². The van der Waals surface area contributed by atoms with Crippen molar-refractivity contribution < 1.29 is 4.79 Å². The SMILES string of the molecule is O=C1N(Cc2ccccc2)CN(c2ccccc2)C12CCN(CCCn1c(=O)[nH]c3ccccc31)CC2. The van der Waals surface area contributed by atoms with E-state index >= 15 is 0 Å². The number of carbonyl (C=O) groups excluding carboxylic acids is 1. The van der Waals surface area contributed by atoms with Gasteiger partial charge in [-0.3, -0.25) is 9.36 Å². The number of fused-ring (bicyclic) bond motifs is 1. The van der Waals surface area contributed by atoms with Crippen LogP contribution < -0.4 is 10.6 Å². The molecule has 190 valence electrons. The van der Waals surface area contributed by atoms with Crippen LogP contribution in [-0.2, 0) is 17.9 Å². The highest BCUT2D eigenvalue weighted by molar-refractivity contribution is 5.93. The maximum absolute atomic E-state index is 13.9. The molecule has 2 aliphatic rings. The smallest absolute Gasteiger partial charge is 0.326 e. The number of carbonyl (C=O) groups is 1. The maximum Gasteiger partial charge on any atom is 0.326 e. The Bertz CT molecular complexity index is 1420. The van der Waals surface area contributed by atoms with Crippen molar-refractivity contribution in [2.75, 3.05) is 31.2 Å². The molecule has 2 aliphatic heterocycles. The monoisotopic (exact) mass is 495 g/mol. The first-order valence-electron chi connectivity index (χ1n) is 13.2. The number of amides is 1. The van der Waals surface area contributed by atoms with Crippen LogP contribution in [0.1, 0.15) is 24.8 Å². The first-order valence-corrected chi connectivity index (χ1v) is 13.2. The molecule has 2 fully saturated rings. The van der Waals surface area contributed by atoms with Crippen molar-refractivity contribution in [2.24, 2.45) is 0 Å². The molecule has 3 aromatic carbocycles. The molecular weight excluding hydrogens is 462 g/mol. The van der Waals surface area contributed by atoms with Gasteiger partial charge in [0.05, 0.1) is 17.7 Å². The van der Waals surface area contributed by atoms with E-state index in [9.17, 15) is 9.59 Å². The van der Waals surface area contributed by atoms with Crippen LogP contribution in [0.2, 0.25) is 0 Å². The lowest BCUT2D eigenvalue weighted by atomic mass is 9.85.